The highest BCUT2D eigenvalue weighted by molar-refractivity contribution is 6.08. The Morgan fingerprint density at radius 1 is 0.778 bits per heavy atom. The standard InChI is InChI=1S/C21H15N5O/c27-20(15-8-2-1-3-9-15)21-22-16-10-4-6-12-18(16)25(21)14-26-19-13-7-5-11-17(19)23-24-26/h1-13H,14H2. The molecule has 0 atom stereocenters. The Morgan fingerprint density at radius 3 is 2.26 bits per heavy atom. The number of hydrogen-bond acceptors (Lipinski definition) is 4. The first-order valence-corrected chi connectivity index (χ1v) is 8.64. The first-order valence-electron chi connectivity index (χ1n) is 8.64. The summed E-state index contributed by atoms with van der Waals surface area (Å²) >= 11 is 0. The van der Waals surface area contributed by atoms with Gasteiger partial charge in [-0.3, -0.25) is 4.79 Å². The van der Waals surface area contributed by atoms with Crippen LogP contribution >= 0.6 is 0 Å². The summed E-state index contributed by atoms with van der Waals surface area (Å²) in [6, 6.07) is 24.7. The Hall–Kier alpha value is -3.80. The van der Waals surface area contributed by atoms with Crippen molar-refractivity contribution >= 4 is 27.9 Å². The number of carbonyl (C=O) groups is 1. The molecule has 27 heavy (non-hydrogen) atoms. The predicted octanol–water partition coefficient (Wildman–Crippen LogP) is 3.52. The topological polar surface area (TPSA) is 65.6 Å². The zero-order valence-electron chi connectivity index (χ0n) is 14.4. The van der Waals surface area contributed by atoms with Gasteiger partial charge in [0.1, 0.15) is 12.2 Å². The number of rotatable bonds is 4. The van der Waals surface area contributed by atoms with Crippen LogP contribution in [-0.4, -0.2) is 30.3 Å². The van der Waals surface area contributed by atoms with E-state index in [1.165, 1.54) is 0 Å². The van der Waals surface area contributed by atoms with E-state index >= 15 is 0 Å². The first kappa shape index (κ1) is 15.5. The van der Waals surface area contributed by atoms with Gasteiger partial charge < -0.3 is 4.57 Å². The van der Waals surface area contributed by atoms with Gasteiger partial charge in [-0.1, -0.05) is 59.8 Å². The Bertz CT molecular complexity index is 1270. The number of ketones is 1. The molecule has 6 heteroatoms. The Kier molecular flexibility index (Phi) is 3.53. The molecular weight excluding hydrogens is 338 g/mol. The van der Waals surface area contributed by atoms with Crippen molar-refractivity contribution in [1.82, 2.24) is 24.5 Å². The van der Waals surface area contributed by atoms with Gasteiger partial charge in [-0.15, -0.1) is 5.10 Å². The Balaban J connectivity index is 1.67. The van der Waals surface area contributed by atoms with Gasteiger partial charge in [-0.25, -0.2) is 9.67 Å². The van der Waals surface area contributed by atoms with Crippen LogP contribution < -0.4 is 0 Å². The zero-order chi connectivity index (χ0) is 18.2. The van der Waals surface area contributed by atoms with E-state index in [1.54, 1.807) is 16.8 Å². The summed E-state index contributed by atoms with van der Waals surface area (Å²) in [4.78, 5) is 17.7. The van der Waals surface area contributed by atoms with E-state index in [0.29, 0.717) is 18.1 Å². The highest BCUT2D eigenvalue weighted by atomic mass is 16.1. The maximum atomic E-state index is 13.1. The number of aromatic nitrogens is 5. The van der Waals surface area contributed by atoms with Crippen LogP contribution in [0.15, 0.2) is 78.9 Å². The molecule has 0 radical (unpaired) electrons. The fourth-order valence-corrected chi connectivity index (χ4v) is 3.27. The van der Waals surface area contributed by atoms with Crippen LogP contribution in [0, 0.1) is 0 Å². The fourth-order valence-electron chi connectivity index (χ4n) is 3.27. The van der Waals surface area contributed by atoms with E-state index in [-0.39, 0.29) is 5.78 Å². The van der Waals surface area contributed by atoms with Crippen molar-refractivity contribution in [1.29, 1.82) is 0 Å². The van der Waals surface area contributed by atoms with E-state index < -0.39 is 0 Å². The summed E-state index contributed by atoms with van der Waals surface area (Å²) in [5.74, 6) is 0.276. The van der Waals surface area contributed by atoms with Crippen molar-refractivity contribution in [3.05, 3.63) is 90.3 Å². The van der Waals surface area contributed by atoms with Gasteiger partial charge in [0.05, 0.1) is 16.6 Å². The Labute approximate surface area is 154 Å². The lowest BCUT2D eigenvalue weighted by molar-refractivity contribution is 0.102. The van der Waals surface area contributed by atoms with Crippen LogP contribution in [-0.2, 0) is 6.67 Å². The molecule has 0 unspecified atom stereocenters. The van der Waals surface area contributed by atoms with Crippen molar-refractivity contribution in [2.75, 3.05) is 0 Å². The van der Waals surface area contributed by atoms with Gasteiger partial charge in [0.25, 0.3) is 0 Å². The van der Waals surface area contributed by atoms with Crippen LogP contribution in [0.4, 0.5) is 0 Å². The van der Waals surface area contributed by atoms with E-state index in [4.69, 9.17) is 0 Å². The first-order chi connectivity index (χ1) is 13.3. The summed E-state index contributed by atoms with van der Waals surface area (Å²) in [5, 5.41) is 8.46. The van der Waals surface area contributed by atoms with Gasteiger partial charge in [0, 0.05) is 5.56 Å². The second-order valence-electron chi connectivity index (χ2n) is 6.27. The lowest BCUT2D eigenvalue weighted by Gasteiger charge is -2.09. The Morgan fingerprint density at radius 2 is 1.44 bits per heavy atom. The maximum Gasteiger partial charge on any atom is 0.228 e. The van der Waals surface area contributed by atoms with Gasteiger partial charge in [-0.2, -0.15) is 0 Å². The van der Waals surface area contributed by atoms with E-state index in [2.05, 4.69) is 15.3 Å². The third-order valence-corrected chi connectivity index (χ3v) is 4.59. The number of hydrogen-bond donors (Lipinski definition) is 0. The van der Waals surface area contributed by atoms with Crippen molar-refractivity contribution in [3.8, 4) is 0 Å². The smallest absolute Gasteiger partial charge is 0.228 e. The lowest BCUT2D eigenvalue weighted by Crippen LogP contribution is -2.16. The van der Waals surface area contributed by atoms with Gasteiger partial charge >= 0.3 is 0 Å². The van der Waals surface area contributed by atoms with Gasteiger partial charge in [-0.05, 0) is 24.3 Å². The van der Waals surface area contributed by atoms with Crippen LogP contribution in [0.5, 0.6) is 0 Å². The lowest BCUT2D eigenvalue weighted by atomic mass is 10.1. The van der Waals surface area contributed by atoms with Gasteiger partial charge in [0.2, 0.25) is 5.78 Å². The summed E-state index contributed by atoms with van der Waals surface area (Å²) in [5.41, 5.74) is 4.00. The molecule has 0 N–H and O–H groups in total. The third kappa shape index (κ3) is 2.58. The summed E-state index contributed by atoms with van der Waals surface area (Å²) in [7, 11) is 0. The average molecular weight is 353 g/mol. The van der Waals surface area contributed by atoms with E-state index in [1.807, 2.05) is 71.3 Å². The van der Waals surface area contributed by atoms with Crippen LogP contribution in [0.1, 0.15) is 16.2 Å². The number of para-hydroxylation sites is 3. The number of carbonyl (C=O) groups excluding carboxylic acids is 1. The van der Waals surface area contributed by atoms with Crippen molar-refractivity contribution < 1.29 is 4.79 Å². The molecule has 0 spiro atoms. The molecule has 2 heterocycles. The zero-order valence-corrected chi connectivity index (χ0v) is 14.4. The molecule has 130 valence electrons. The molecule has 0 aliphatic rings. The fraction of sp³-hybridized carbons (Fsp3) is 0.0476. The molecule has 0 bridgehead atoms. The molecule has 2 aromatic heterocycles. The molecule has 0 aliphatic carbocycles. The number of fused-ring (bicyclic) bond motifs is 2. The van der Waals surface area contributed by atoms with Crippen molar-refractivity contribution in [3.63, 3.8) is 0 Å². The molecule has 6 nitrogen and oxygen atoms in total. The predicted molar refractivity (Wildman–Crippen MR) is 103 cm³/mol. The monoisotopic (exact) mass is 353 g/mol. The highest BCUT2D eigenvalue weighted by Gasteiger charge is 2.20. The minimum atomic E-state index is -0.115. The van der Waals surface area contributed by atoms with Crippen LogP contribution in [0.2, 0.25) is 0 Å². The molecule has 0 amide bonds. The summed E-state index contributed by atoms with van der Waals surface area (Å²) in [6.45, 7) is 0.356. The molecule has 5 aromatic rings. The SMILES string of the molecule is O=C(c1ccccc1)c1nc2ccccc2n1Cn1nnc2ccccc21. The minimum Gasteiger partial charge on any atom is -0.301 e. The maximum absolute atomic E-state index is 13.1. The molecule has 0 saturated heterocycles. The normalized spacial score (nSPS) is 11.3. The van der Waals surface area contributed by atoms with Crippen molar-refractivity contribution in [2.45, 2.75) is 6.67 Å². The molecule has 0 saturated carbocycles. The molecule has 3 aromatic carbocycles. The number of imidazole rings is 1. The average Bonchev–Trinajstić information content (AvgIpc) is 3.30. The van der Waals surface area contributed by atoms with Gasteiger partial charge in [0.15, 0.2) is 5.82 Å². The van der Waals surface area contributed by atoms with E-state index in [9.17, 15) is 4.79 Å². The number of nitrogens with zero attached hydrogens (tertiary/aromatic N) is 5. The van der Waals surface area contributed by atoms with Crippen LogP contribution in [0.25, 0.3) is 22.1 Å². The molecular formula is C21H15N5O. The summed E-state index contributed by atoms with van der Waals surface area (Å²) in [6.07, 6.45) is 0. The highest BCUT2D eigenvalue weighted by Crippen LogP contribution is 2.20. The third-order valence-electron chi connectivity index (χ3n) is 4.59. The molecule has 0 fully saturated rings. The van der Waals surface area contributed by atoms with Crippen molar-refractivity contribution in [2.24, 2.45) is 0 Å². The molecule has 5 rings (SSSR count). The second-order valence-corrected chi connectivity index (χ2v) is 6.27. The van der Waals surface area contributed by atoms with E-state index in [0.717, 1.165) is 22.1 Å². The number of benzene rings is 3. The molecule has 0 aliphatic heterocycles. The quantitative estimate of drug-likeness (QED) is 0.464. The van der Waals surface area contributed by atoms with Crippen LogP contribution in [0.3, 0.4) is 0 Å². The largest absolute Gasteiger partial charge is 0.301 e. The minimum absolute atomic E-state index is 0.115. The second kappa shape index (κ2) is 6.17. The summed E-state index contributed by atoms with van der Waals surface area (Å²) < 4.78 is 3.68.